The van der Waals surface area contributed by atoms with Gasteiger partial charge in [0.2, 0.25) is 11.8 Å². The number of ether oxygens (including phenoxy) is 1. The molecule has 7 nitrogen and oxygen atoms in total. The number of nitrogen functional groups attached to an aromatic ring is 1. The fourth-order valence-electron chi connectivity index (χ4n) is 2.54. The van der Waals surface area contributed by atoms with Crippen molar-refractivity contribution >= 4 is 17.1 Å². The molecule has 1 saturated carbocycles. The van der Waals surface area contributed by atoms with E-state index in [9.17, 15) is 5.11 Å². The van der Waals surface area contributed by atoms with Crippen molar-refractivity contribution in [3.8, 4) is 5.88 Å². The van der Waals surface area contributed by atoms with Gasteiger partial charge < -0.3 is 15.6 Å². The molecule has 112 valence electrons. The molecule has 2 heterocycles. The summed E-state index contributed by atoms with van der Waals surface area (Å²) in [5, 5.41) is 9.64. The van der Waals surface area contributed by atoms with Gasteiger partial charge in [-0.3, -0.25) is 0 Å². The lowest BCUT2D eigenvalue weighted by Crippen LogP contribution is -2.21. The average molecular weight is 289 g/mol. The first kappa shape index (κ1) is 13.9. The Morgan fingerprint density at radius 3 is 2.71 bits per heavy atom. The van der Waals surface area contributed by atoms with Gasteiger partial charge in [-0.1, -0.05) is 6.42 Å². The lowest BCUT2D eigenvalue weighted by atomic mass is 9.98. The fourth-order valence-corrected chi connectivity index (χ4v) is 2.54. The second-order valence-corrected chi connectivity index (χ2v) is 5.41. The van der Waals surface area contributed by atoms with Gasteiger partial charge in [0.05, 0.1) is 18.0 Å². The molecule has 7 heteroatoms. The van der Waals surface area contributed by atoms with Crippen molar-refractivity contribution in [2.45, 2.75) is 51.2 Å². The number of hydrogen-bond acceptors (Lipinski definition) is 7. The van der Waals surface area contributed by atoms with E-state index in [0.717, 1.165) is 25.7 Å². The third-order valence-corrected chi connectivity index (χ3v) is 3.67. The summed E-state index contributed by atoms with van der Waals surface area (Å²) in [5.41, 5.74) is 7.01. The standard InChI is InChI=1S/C14H19N5O2/c1-8(20)10-7-16-12-11(17-10)13(19-14(15)18-12)21-9-5-3-2-4-6-9/h7-9,20H,2-6H2,1H3,(H2,15,16,18,19). The Balaban J connectivity index is 1.99. The van der Waals surface area contributed by atoms with Gasteiger partial charge in [-0.15, -0.1) is 0 Å². The summed E-state index contributed by atoms with van der Waals surface area (Å²) in [4.78, 5) is 16.8. The second-order valence-electron chi connectivity index (χ2n) is 5.41. The number of rotatable bonds is 3. The van der Waals surface area contributed by atoms with Crippen LogP contribution in [0.3, 0.4) is 0 Å². The first-order chi connectivity index (χ1) is 10.1. The topological polar surface area (TPSA) is 107 Å². The highest BCUT2D eigenvalue weighted by molar-refractivity contribution is 5.76. The first-order valence-electron chi connectivity index (χ1n) is 7.28. The van der Waals surface area contributed by atoms with Crippen LogP contribution in [0.25, 0.3) is 11.2 Å². The SMILES string of the molecule is CC(O)c1cnc2nc(N)nc(OC3CCCCC3)c2n1. The van der Waals surface area contributed by atoms with Gasteiger partial charge in [-0.05, 0) is 32.6 Å². The van der Waals surface area contributed by atoms with Gasteiger partial charge in [-0.25, -0.2) is 9.97 Å². The summed E-state index contributed by atoms with van der Waals surface area (Å²) in [7, 11) is 0. The van der Waals surface area contributed by atoms with Crippen molar-refractivity contribution in [3.63, 3.8) is 0 Å². The third kappa shape index (κ3) is 3.02. The lowest BCUT2D eigenvalue weighted by Gasteiger charge is -2.22. The van der Waals surface area contributed by atoms with E-state index >= 15 is 0 Å². The number of fused-ring (bicyclic) bond motifs is 1. The summed E-state index contributed by atoms with van der Waals surface area (Å²) in [6.07, 6.45) is 6.50. The monoisotopic (exact) mass is 289 g/mol. The molecule has 3 rings (SSSR count). The number of nitrogens with two attached hydrogens (primary N) is 1. The quantitative estimate of drug-likeness (QED) is 0.886. The summed E-state index contributed by atoms with van der Waals surface area (Å²) in [5.74, 6) is 0.479. The molecule has 1 atom stereocenters. The number of hydrogen-bond donors (Lipinski definition) is 2. The van der Waals surface area contributed by atoms with Crippen LogP contribution in [0.1, 0.15) is 50.8 Å². The molecule has 3 N–H and O–H groups in total. The van der Waals surface area contributed by atoms with Crippen LogP contribution in [0.4, 0.5) is 5.95 Å². The van der Waals surface area contributed by atoms with Crippen LogP contribution >= 0.6 is 0 Å². The molecule has 0 saturated heterocycles. The van der Waals surface area contributed by atoms with Crippen LogP contribution in [0.5, 0.6) is 5.88 Å². The molecular formula is C14H19N5O2. The van der Waals surface area contributed by atoms with Crippen LogP contribution in [-0.2, 0) is 0 Å². The molecule has 1 aliphatic carbocycles. The Hall–Kier alpha value is -2.02. The molecular weight excluding hydrogens is 270 g/mol. The molecule has 0 spiro atoms. The molecule has 1 unspecified atom stereocenters. The van der Waals surface area contributed by atoms with E-state index in [-0.39, 0.29) is 12.1 Å². The Morgan fingerprint density at radius 1 is 1.24 bits per heavy atom. The summed E-state index contributed by atoms with van der Waals surface area (Å²) in [6.45, 7) is 1.63. The van der Waals surface area contributed by atoms with Crippen LogP contribution in [0.2, 0.25) is 0 Å². The van der Waals surface area contributed by atoms with Gasteiger partial charge >= 0.3 is 0 Å². The van der Waals surface area contributed by atoms with Crippen molar-refractivity contribution < 1.29 is 9.84 Å². The maximum Gasteiger partial charge on any atom is 0.247 e. The number of aliphatic hydroxyl groups excluding tert-OH is 1. The smallest absolute Gasteiger partial charge is 0.247 e. The van der Waals surface area contributed by atoms with Crippen LogP contribution < -0.4 is 10.5 Å². The minimum atomic E-state index is -0.706. The van der Waals surface area contributed by atoms with Crippen LogP contribution in [0, 0.1) is 0 Å². The van der Waals surface area contributed by atoms with Gasteiger partial charge in [-0.2, -0.15) is 9.97 Å². The number of anilines is 1. The van der Waals surface area contributed by atoms with Gasteiger partial charge in [0.25, 0.3) is 0 Å². The molecule has 1 aliphatic rings. The van der Waals surface area contributed by atoms with E-state index in [1.54, 1.807) is 6.92 Å². The highest BCUT2D eigenvalue weighted by Crippen LogP contribution is 2.27. The molecule has 1 fully saturated rings. The Labute approximate surface area is 122 Å². The average Bonchev–Trinajstić information content (AvgIpc) is 2.47. The summed E-state index contributed by atoms with van der Waals surface area (Å²) >= 11 is 0. The predicted octanol–water partition coefficient (Wildman–Crippen LogP) is 1.77. The summed E-state index contributed by atoms with van der Waals surface area (Å²) in [6, 6.07) is 0. The van der Waals surface area contributed by atoms with Crippen molar-refractivity contribution in [1.29, 1.82) is 0 Å². The van der Waals surface area contributed by atoms with Gasteiger partial charge in [0.15, 0.2) is 11.2 Å². The predicted molar refractivity (Wildman–Crippen MR) is 77.7 cm³/mol. The largest absolute Gasteiger partial charge is 0.473 e. The van der Waals surface area contributed by atoms with Crippen molar-refractivity contribution in [1.82, 2.24) is 19.9 Å². The van der Waals surface area contributed by atoms with E-state index < -0.39 is 6.10 Å². The fraction of sp³-hybridized carbons (Fsp3) is 0.571. The molecule has 0 radical (unpaired) electrons. The van der Waals surface area contributed by atoms with Crippen LogP contribution in [0.15, 0.2) is 6.20 Å². The normalized spacial score (nSPS) is 17.8. The van der Waals surface area contributed by atoms with E-state index in [1.165, 1.54) is 12.6 Å². The number of aliphatic hydroxyl groups is 1. The Morgan fingerprint density at radius 2 is 2.00 bits per heavy atom. The van der Waals surface area contributed by atoms with Crippen LogP contribution in [-0.4, -0.2) is 31.1 Å². The highest BCUT2D eigenvalue weighted by Gasteiger charge is 2.19. The molecule has 0 amide bonds. The maximum absolute atomic E-state index is 9.64. The van der Waals surface area contributed by atoms with E-state index in [4.69, 9.17) is 10.5 Å². The third-order valence-electron chi connectivity index (χ3n) is 3.67. The minimum absolute atomic E-state index is 0.118. The zero-order chi connectivity index (χ0) is 14.8. The molecule has 0 aromatic carbocycles. The van der Waals surface area contributed by atoms with Gasteiger partial charge in [0.1, 0.15) is 6.10 Å². The summed E-state index contributed by atoms with van der Waals surface area (Å²) < 4.78 is 5.97. The highest BCUT2D eigenvalue weighted by atomic mass is 16.5. The lowest BCUT2D eigenvalue weighted by molar-refractivity contribution is 0.150. The van der Waals surface area contributed by atoms with E-state index in [0.29, 0.717) is 22.7 Å². The zero-order valence-electron chi connectivity index (χ0n) is 12.0. The first-order valence-corrected chi connectivity index (χ1v) is 7.28. The van der Waals surface area contributed by atoms with Crippen molar-refractivity contribution in [2.24, 2.45) is 0 Å². The Kier molecular flexibility index (Phi) is 3.83. The van der Waals surface area contributed by atoms with E-state index in [2.05, 4.69) is 19.9 Å². The molecule has 0 aliphatic heterocycles. The van der Waals surface area contributed by atoms with Crippen molar-refractivity contribution in [2.75, 3.05) is 5.73 Å². The number of nitrogens with zero attached hydrogens (tertiary/aromatic N) is 4. The van der Waals surface area contributed by atoms with Crippen molar-refractivity contribution in [3.05, 3.63) is 11.9 Å². The Bertz CT molecular complexity index is 641. The number of aromatic nitrogens is 4. The molecule has 0 bridgehead atoms. The molecule has 2 aromatic heterocycles. The van der Waals surface area contributed by atoms with E-state index in [1.807, 2.05) is 0 Å². The molecule has 2 aromatic rings. The molecule has 21 heavy (non-hydrogen) atoms. The van der Waals surface area contributed by atoms with Gasteiger partial charge in [0, 0.05) is 0 Å². The minimum Gasteiger partial charge on any atom is -0.473 e. The zero-order valence-corrected chi connectivity index (χ0v) is 12.0. The second kappa shape index (κ2) is 5.77. The maximum atomic E-state index is 9.64.